The van der Waals surface area contributed by atoms with Crippen LogP contribution < -0.4 is 15.1 Å². The molecule has 0 radical (unpaired) electrons. The molecule has 0 N–H and O–H groups in total. The van der Waals surface area contributed by atoms with Crippen LogP contribution in [0.2, 0.25) is 0 Å². The Bertz CT molecular complexity index is 1280. The van der Waals surface area contributed by atoms with Crippen molar-refractivity contribution in [1.29, 1.82) is 0 Å². The van der Waals surface area contributed by atoms with Gasteiger partial charge in [-0.2, -0.15) is 0 Å². The lowest BCUT2D eigenvalue weighted by molar-refractivity contribution is -0.142. The van der Waals surface area contributed by atoms with E-state index >= 15 is 0 Å². The van der Waals surface area contributed by atoms with Crippen LogP contribution in [0.15, 0.2) is 56.1 Å². The number of carbonyl (C=O) groups excluding carboxylic acids is 1. The van der Waals surface area contributed by atoms with Crippen molar-refractivity contribution in [2.75, 3.05) is 20.8 Å². The number of hydrogen-bond donors (Lipinski definition) is 0. The maximum absolute atomic E-state index is 12.1. The van der Waals surface area contributed by atoms with E-state index in [9.17, 15) is 9.59 Å². The number of fused-ring (bicyclic) bond motifs is 2. The average molecular weight is 394 g/mol. The molecule has 0 aliphatic rings. The molecule has 0 atom stereocenters. The smallest absolute Gasteiger partial charge is 0.343 e. The second-order valence-electron chi connectivity index (χ2n) is 6.45. The third-order valence-corrected chi connectivity index (χ3v) is 4.61. The molecule has 29 heavy (non-hydrogen) atoms. The van der Waals surface area contributed by atoms with E-state index in [1.165, 1.54) is 13.2 Å². The third kappa shape index (κ3) is 3.42. The number of aryl methyl sites for hydroxylation is 1. The van der Waals surface area contributed by atoms with Crippen LogP contribution in [0.25, 0.3) is 33.3 Å². The molecule has 0 aliphatic carbocycles. The van der Waals surface area contributed by atoms with Crippen molar-refractivity contribution in [1.82, 2.24) is 0 Å². The first-order valence-electron chi connectivity index (χ1n) is 8.85. The fourth-order valence-electron chi connectivity index (χ4n) is 3.17. The van der Waals surface area contributed by atoms with Gasteiger partial charge in [-0.1, -0.05) is 12.1 Å². The van der Waals surface area contributed by atoms with Crippen LogP contribution in [0, 0.1) is 6.92 Å². The number of ether oxygens (including phenoxy) is 3. The highest BCUT2D eigenvalue weighted by molar-refractivity contribution is 5.96. The lowest BCUT2D eigenvalue weighted by Crippen LogP contribution is -2.13. The van der Waals surface area contributed by atoms with Crippen molar-refractivity contribution in [2.24, 2.45) is 0 Å². The molecular weight excluding hydrogens is 376 g/mol. The van der Waals surface area contributed by atoms with Gasteiger partial charge < -0.3 is 23.0 Å². The van der Waals surface area contributed by atoms with Gasteiger partial charge in [-0.15, -0.1) is 0 Å². The van der Waals surface area contributed by atoms with Gasteiger partial charge in [-0.25, -0.2) is 9.59 Å². The van der Waals surface area contributed by atoms with E-state index in [0.29, 0.717) is 44.9 Å². The van der Waals surface area contributed by atoms with Gasteiger partial charge in [0.2, 0.25) is 0 Å². The Kier molecular flexibility index (Phi) is 4.72. The highest BCUT2D eigenvalue weighted by Crippen LogP contribution is 2.37. The molecule has 4 rings (SSSR count). The van der Waals surface area contributed by atoms with Crippen LogP contribution in [-0.4, -0.2) is 26.8 Å². The van der Waals surface area contributed by atoms with Gasteiger partial charge in [0.1, 0.15) is 17.1 Å². The van der Waals surface area contributed by atoms with Crippen LogP contribution in [0.5, 0.6) is 11.5 Å². The van der Waals surface area contributed by atoms with Gasteiger partial charge in [-0.05, 0) is 36.8 Å². The molecule has 0 spiro atoms. The largest absolute Gasteiger partial charge is 0.493 e. The summed E-state index contributed by atoms with van der Waals surface area (Å²) in [5.41, 5.74) is 1.75. The third-order valence-electron chi connectivity index (χ3n) is 4.61. The number of benzene rings is 2. The first-order valence-corrected chi connectivity index (χ1v) is 8.85. The molecule has 0 unspecified atom stereocenters. The van der Waals surface area contributed by atoms with Crippen molar-refractivity contribution in [2.45, 2.75) is 6.92 Å². The Labute approximate surface area is 165 Å². The Balaban J connectivity index is 1.89. The number of furan rings is 1. The zero-order valence-electron chi connectivity index (χ0n) is 16.1. The molecule has 7 nitrogen and oxygen atoms in total. The van der Waals surface area contributed by atoms with Gasteiger partial charge >= 0.3 is 11.6 Å². The molecule has 0 fully saturated rings. The fraction of sp³-hybridized carbons (Fsp3) is 0.182. The Morgan fingerprint density at radius 3 is 2.62 bits per heavy atom. The summed E-state index contributed by atoms with van der Waals surface area (Å²) < 4.78 is 26.9. The average Bonchev–Trinajstić information content (AvgIpc) is 3.15. The minimum Gasteiger partial charge on any atom is -0.493 e. The number of para-hydroxylation sites is 1. The minimum atomic E-state index is -0.498. The van der Waals surface area contributed by atoms with Gasteiger partial charge in [-0.3, -0.25) is 0 Å². The molecule has 7 heteroatoms. The van der Waals surface area contributed by atoms with Crippen molar-refractivity contribution >= 4 is 27.9 Å². The Hall–Kier alpha value is -3.74. The highest BCUT2D eigenvalue weighted by Gasteiger charge is 2.17. The predicted octanol–water partition coefficient (Wildman–Crippen LogP) is 4.08. The SMILES string of the molecule is COC(=O)COc1cc2c(-c3cc4cccc(OC)c4o3)cc(=O)oc2cc1C. The highest BCUT2D eigenvalue weighted by atomic mass is 16.6. The van der Waals surface area contributed by atoms with E-state index in [4.69, 9.17) is 18.3 Å². The van der Waals surface area contributed by atoms with Gasteiger partial charge in [0, 0.05) is 22.4 Å². The summed E-state index contributed by atoms with van der Waals surface area (Å²) in [6.07, 6.45) is 0. The summed E-state index contributed by atoms with van der Waals surface area (Å²) in [6.45, 7) is 1.57. The van der Waals surface area contributed by atoms with Crippen LogP contribution in [0.3, 0.4) is 0 Å². The van der Waals surface area contributed by atoms with Crippen LogP contribution in [0.1, 0.15) is 5.56 Å². The van der Waals surface area contributed by atoms with Gasteiger partial charge in [0.05, 0.1) is 14.2 Å². The maximum Gasteiger partial charge on any atom is 0.343 e. The fourth-order valence-corrected chi connectivity index (χ4v) is 3.17. The summed E-state index contributed by atoms with van der Waals surface area (Å²) in [6, 6.07) is 12.2. The quantitative estimate of drug-likeness (QED) is 0.372. The number of carbonyl (C=O) groups is 1. The van der Waals surface area contributed by atoms with Crippen molar-refractivity contribution < 1.29 is 27.8 Å². The molecule has 2 aromatic heterocycles. The first kappa shape index (κ1) is 18.6. The molecule has 2 aromatic carbocycles. The van der Waals surface area contributed by atoms with Gasteiger partial charge in [0.25, 0.3) is 0 Å². The number of hydrogen-bond acceptors (Lipinski definition) is 7. The maximum atomic E-state index is 12.1. The Morgan fingerprint density at radius 1 is 1.03 bits per heavy atom. The van der Waals surface area contributed by atoms with E-state index in [1.54, 1.807) is 32.2 Å². The molecule has 0 saturated heterocycles. The number of methoxy groups -OCH3 is 2. The van der Waals surface area contributed by atoms with Crippen LogP contribution in [-0.2, 0) is 9.53 Å². The first-order chi connectivity index (χ1) is 14.0. The predicted molar refractivity (Wildman–Crippen MR) is 106 cm³/mol. The monoisotopic (exact) mass is 394 g/mol. The second-order valence-corrected chi connectivity index (χ2v) is 6.45. The van der Waals surface area contributed by atoms with Crippen molar-refractivity contribution in [3.8, 4) is 22.8 Å². The van der Waals surface area contributed by atoms with Gasteiger partial charge in [0.15, 0.2) is 17.9 Å². The molecule has 0 saturated carbocycles. The molecule has 0 amide bonds. The Morgan fingerprint density at radius 2 is 1.86 bits per heavy atom. The summed E-state index contributed by atoms with van der Waals surface area (Å²) in [7, 11) is 2.86. The topological polar surface area (TPSA) is 88.1 Å². The molecule has 0 aliphatic heterocycles. The standard InChI is InChI=1S/C22H18O7/c1-12-7-18-14(9-17(12)27-11-21(24)26-3)15(10-20(23)28-18)19-8-13-5-4-6-16(25-2)22(13)29-19/h4-10H,11H2,1-3H3. The zero-order chi connectivity index (χ0) is 20.5. The summed E-state index contributed by atoms with van der Waals surface area (Å²) in [5, 5.41) is 1.46. The summed E-state index contributed by atoms with van der Waals surface area (Å²) in [4.78, 5) is 23.6. The normalized spacial score (nSPS) is 11.0. The number of esters is 1. The van der Waals surface area contributed by atoms with Crippen molar-refractivity contribution in [3.05, 3.63) is 58.4 Å². The lowest BCUT2D eigenvalue weighted by atomic mass is 10.0. The molecule has 2 heterocycles. The van der Waals surface area contributed by atoms with E-state index in [-0.39, 0.29) is 6.61 Å². The van der Waals surface area contributed by atoms with Crippen LogP contribution in [0.4, 0.5) is 0 Å². The lowest BCUT2D eigenvalue weighted by Gasteiger charge is -2.10. The van der Waals surface area contributed by atoms with E-state index in [0.717, 1.165) is 5.39 Å². The molecule has 0 bridgehead atoms. The zero-order valence-corrected chi connectivity index (χ0v) is 16.1. The molecule has 4 aromatic rings. The van der Waals surface area contributed by atoms with Crippen molar-refractivity contribution in [3.63, 3.8) is 0 Å². The second kappa shape index (κ2) is 7.35. The summed E-state index contributed by atoms with van der Waals surface area (Å²) >= 11 is 0. The minimum absolute atomic E-state index is 0.225. The number of rotatable bonds is 5. The van der Waals surface area contributed by atoms with Crippen LogP contribution >= 0.6 is 0 Å². The molecule has 148 valence electrons. The van der Waals surface area contributed by atoms with E-state index in [2.05, 4.69) is 4.74 Å². The van der Waals surface area contributed by atoms with E-state index in [1.807, 2.05) is 18.2 Å². The molecular formula is C22H18O7. The van der Waals surface area contributed by atoms with E-state index < -0.39 is 11.6 Å². The summed E-state index contributed by atoms with van der Waals surface area (Å²) in [5.74, 6) is 1.07.